The zero-order valence-electron chi connectivity index (χ0n) is 5.05. The maximum atomic E-state index is 2.31. The fourth-order valence-electron chi connectivity index (χ4n) is 0.886. The number of hydrogen-bond acceptors (Lipinski definition) is 1. The molecule has 0 aliphatic rings. The second-order valence-electron chi connectivity index (χ2n) is 2.01. The summed E-state index contributed by atoms with van der Waals surface area (Å²) in [6.07, 6.45) is 0. The molecule has 0 radical (unpaired) electrons. The van der Waals surface area contributed by atoms with Crippen molar-refractivity contribution in [1.29, 1.82) is 0 Å². The number of fused-ring (bicyclic) bond motifs is 1. The minimum absolute atomic E-state index is 0.662. The summed E-state index contributed by atoms with van der Waals surface area (Å²) in [6, 6.07) is 4.55. The number of rotatable bonds is 0. The fraction of sp³-hybridized carbons (Fsp3) is 0.143. The second-order valence-corrected chi connectivity index (χ2v) is 5.66. The van der Waals surface area contributed by atoms with E-state index in [1.165, 1.54) is 4.70 Å². The van der Waals surface area contributed by atoms with Crippen LogP contribution in [-0.4, -0.2) is 14.5 Å². The molecule has 9 heavy (non-hydrogen) atoms. The molecule has 2 heterocycles. The van der Waals surface area contributed by atoms with Crippen LogP contribution in [0, 0.1) is 6.92 Å². The molecule has 0 N–H and O–H groups in total. The van der Waals surface area contributed by atoms with Crippen molar-refractivity contribution in [3.8, 4) is 0 Å². The molecule has 0 spiro atoms. The molecule has 0 aromatic carbocycles. The predicted octanol–water partition coefficient (Wildman–Crippen LogP) is 2.27. The van der Waals surface area contributed by atoms with E-state index in [4.69, 9.17) is 0 Å². The Labute approximate surface area is 63.9 Å². The Bertz CT molecular complexity index is 290. The first-order valence-corrected chi connectivity index (χ1v) is 5.39. The Morgan fingerprint density at radius 2 is 2.44 bits per heavy atom. The first kappa shape index (κ1) is 5.72. The van der Waals surface area contributed by atoms with Crippen LogP contribution in [0.4, 0.5) is 0 Å². The Balaban J connectivity index is 2.92. The van der Waals surface area contributed by atoms with E-state index in [0.717, 1.165) is 0 Å². The van der Waals surface area contributed by atoms with E-state index in [9.17, 15) is 0 Å². The van der Waals surface area contributed by atoms with Gasteiger partial charge in [-0.05, 0) is 0 Å². The second kappa shape index (κ2) is 1.98. The third-order valence-corrected chi connectivity index (χ3v) is 4.55. The molecule has 0 aliphatic heterocycles. The van der Waals surface area contributed by atoms with Crippen LogP contribution in [0.15, 0.2) is 17.5 Å². The summed E-state index contributed by atoms with van der Waals surface area (Å²) in [6.45, 7) is 2.22. The van der Waals surface area contributed by atoms with Crippen LogP contribution in [0.2, 0.25) is 0 Å². The van der Waals surface area contributed by atoms with Crippen LogP contribution in [0.3, 0.4) is 0 Å². The van der Waals surface area contributed by atoms with Crippen molar-refractivity contribution in [3.05, 3.63) is 22.0 Å². The van der Waals surface area contributed by atoms with E-state index >= 15 is 0 Å². The standard InChI is InChI=1S/C7H6SSe/c1-5-4-6-7(9-5)2-3-8-6/h2-4H,1H3. The van der Waals surface area contributed by atoms with Gasteiger partial charge in [0.1, 0.15) is 0 Å². The van der Waals surface area contributed by atoms with Gasteiger partial charge >= 0.3 is 63.7 Å². The molecule has 0 saturated carbocycles. The molecule has 2 heteroatoms. The monoisotopic (exact) mass is 202 g/mol. The molecule has 0 aliphatic carbocycles. The van der Waals surface area contributed by atoms with Gasteiger partial charge in [0.25, 0.3) is 0 Å². The van der Waals surface area contributed by atoms with Gasteiger partial charge in [0.05, 0.1) is 0 Å². The molecule has 0 fully saturated rings. The molecule has 2 aromatic rings. The summed E-state index contributed by atoms with van der Waals surface area (Å²) in [4.78, 5) is 0. The first-order valence-electron chi connectivity index (χ1n) is 2.80. The van der Waals surface area contributed by atoms with Crippen molar-refractivity contribution >= 4 is 34.8 Å². The summed E-state index contributed by atoms with van der Waals surface area (Å²) < 4.78 is 4.63. The summed E-state index contributed by atoms with van der Waals surface area (Å²) in [5.74, 6) is 0. The van der Waals surface area contributed by atoms with Crippen LogP contribution >= 0.6 is 11.3 Å². The van der Waals surface area contributed by atoms with Crippen molar-refractivity contribution in [2.24, 2.45) is 0 Å². The van der Waals surface area contributed by atoms with Gasteiger partial charge in [-0.3, -0.25) is 0 Å². The summed E-state index contributed by atoms with van der Waals surface area (Å²) >= 11 is 2.52. The van der Waals surface area contributed by atoms with Gasteiger partial charge in [0.15, 0.2) is 0 Å². The van der Waals surface area contributed by atoms with Gasteiger partial charge < -0.3 is 0 Å². The first-order chi connectivity index (χ1) is 4.36. The number of hydrogen-bond donors (Lipinski definition) is 0. The molecule has 0 amide bonds. The third-order valence-electron chi connectivity index (χ3n) is 1.26. The Morgan fingerprint density at radius 3 is 3.22 bits per heavy atom. The molecule has 0 atom stereocenters. The molecular formula is C7H6SSe. The quantitative estimate of drug-likeness (QED) is 0.573. The number of thiophene rings is 1. The van der Waals surface area contributed by atoms with E-state index in [1.54, 1.807) is 8.70 Å². The Hall–Kier alpha value is -0.0405. The average Bonchev–Trinajstić information content (AvgIpc) is 2.22. The molecule has 2 rings (SSSR count). The van der Waals surface area contributed by atoms with Crippen molar-refractivity contribution in [2.45, 2.75) is 6.92 Å². The summed E-state index contributed by atoms with van der Waals surface area (Å²) in [5.41, 5.74) is 0. The fourth-order valence-corrected chi connectivity index (χ4v) is 4.27. The van der Waals surface area contributed by atoms with Crippen LogP contribution in [0.5, 0.6) is 0 Å². The number of aryl methyl sites for hydroxylation is 1. The predicted molar refractivity (Wildman–Crippen MR) is 43.5 cm³/mol. The maximum absolute atomic E-state index is 2.31. The van der Waals surface area contributed by atoms with Crippen LogP contribution in [0.25, 0.3) is 8.96 Å². The molecule has 0 unspecified atom stereocenters. The van der Waals surface area contributed by atoms with Gasteiger partial charge in [0.2, 0.25) is 0 Å². The SMILES string of the molecule is Cc1cc2sccc2[se]1. The topological polar surface area (TPSA) is 0 Å². The van der Waals surface area contributed by atoms with Crippen molar-refractivity contribution in [3.63, 3.8) is 0 Å². The van der Waals surface area contributed by atoms with Gasteiger partial charge in [-0.2, -0.15) is 0 Å². The van der Waals surface area contributed by atoms with E-state index in [-0.39, 0.29) is 0 Å². The average molecular weight is 201 g/mol. The van der Waals surface area contributed by atoms with Crippen molar-refractivity contribution in [2.75, 3.05) is 0 Å². The van der Waals surface area contributed by atoms with Crippen LogP contribution < -0.4 is 0 Å². The van der Waals surface area contributed by atoms with Gasteiger partial charge in [-0.1, -0.05) is 0 Å². The van der Waals surface area contributed by atoms with E-state index in [0.29, 0.717) is 14.5 Å². The normalized spacial score (nSPS) is 10.8. The van der Waals surface area contributed by atoms with Gasteiger partial charge in [-0.25, -0.2) is 0 Å². The molecular weight excluding hydrogens is 195 g/mol. The van der Waals surface area contributed by atoms with E-state index in [1.807, 2.05) is 11.3 Å². The zero-order chi connectivity index (χ0) is 6.27. The van der Waals surface area contributed by atoms with E-state index < -0.39 is 0 Å². The van der Waals surface area contributed by atoms with Crippen LogP contribution in [-0.2, 0) is 0 Å². The molecule has 0 bridgehead atoms. The third kappa shape index (κ3) is 0.876. The van der Waals surface area contributed by atoms with E-state index in [2.05, 4.69) is 24.4 Å². The Morgan fingerprint density at radius 1 is 1.56 bits per heavy atom. The van der Waals surface area contributed by atoms with Gasteiger partial charge in [0, 0.05) is 0 Å². The molecule has 0 saturated heterocycles. The summed E-state index contributed by atoms with van der Waals surface area (Å²) in [5, 5.41) is 2.18. The van der Waals surface area contributed by atoms with Crippen molar-refractivity contribution in [1.82, 2.24) is 0 Å². The Kier molecular flexibility index (Phi) is 1.26. The molecule has 46 valence electrons. The molecule has 2 aromatic heterocycles. The minimum atomic E-state index is 0.662. The van der Waals surface area contributed by atoms with Gasteiger partial charge in [-0.15, -0.1) is 0 Å². The summed E-state index contributed by atoms with van der Waals surface area (Å²) in [7, 11) is 0. The zero-order valence-corrected chi connectivity index (χ0v) is 7.58. The van der Waals surface area contributed by atoms with Crippen molar-refractivity contribution < 1.29 is 0 Å². The van der Waals surface area contributed by atoms with Crippen LogP contribution in [0.1, 0.15) is 4.44 Å². The molecule has 0 nitrogen and oxygen atoms in total.